The highest BCUT2D eigenvalue weighted by atomic mass is 32.2. The molecule has 0 bridgehead atoms. The minimum Gasteiger partial charge on any atom is -0.370 e. The lowest BCUT2D eigenvalue weighted by molar-refractivity contribution is 0.620. The van der Waals surface area contributed by atoms with Crippen LogP contribution >= 0.6 is 11.8 Å². The summed E-state index contributed by atoms with van der Waals surface area (Å²) in [6, 6.07) is 5.36. The maximum Gasteiger partial charge on any atom is 0.125 e. The van der Waals surface area contributed by atoms with E-state index in [1.54, 1.807) is 12.1 Å². The van der Waals surface area contributed by atoms with Crippen LogP contribution in [0.3, 0.4) is 0 Å². The van der Waals surface area contributed by atoms with Crippen molar-refractivity contribution in [3.05, 3.63) is 29.6 Å². The fraction of sp³-hybridized carbons (Fsp3) is 0.538. The summed E-state index contributed by atoms with van der Waals surface area (Å²) in [7, 11) is 0. The van der Waals surface area contributed by atoms with Gasteiger partial charge in [0.15, 0.2) is 0 Å². The summed E-state index contributed by atoms with van der Waals surface area (Å²) < 4.78 is 13.6. The molecule has 0 aliphatic carbocycles. The number of hydrogen-bond donors (Lipinski definition) is 1. The van der Waals surface area contributed by atoms with Crippen LogP contribution in [0.1, 0.15) is 12.5 Å². The molecule has 0 aromatic heterocycles. The quantitative estimate of drug-likeness (QED) is 0.888. The largest absolute Gasteiger partial charge is 0.370 e. The highest BCUT2D eigenvalue weighted by Gasteiger charge is 2.12. The van der Waals surface area contributed by atoms with Crippen molar-refractivity contribution < 1.29 is 4.39 Å². The lowest BCUT2D eigenvalue weighted by atomic mass is 10.1. The van der Waals surface area contributed by atoms with Gasteiger partial charge in [-0.2, -0.15) is 11.8 Å². The molecule has 0 radical (unpaired) electrons. The number of hydrogen-bond acceptors (Lipinski definition) is 3. The third-order valence-electron chi connectivity index (χ3n) is 2.90. The summed E-state index contributed by atoms with van der Waals surface area (Å²) in [5.41, 5.74) is 2.05. The second-order valence-corrected chi connectivity index (χ2v) is 5.42. The maximum absolute atomic E-state index is 13.6. The predicted octanol–water partition coefficient (Wildman–Crippen LogP) is 2.49. The van der Waals surface area contributed by atoms with Gasteiger partial charge in [0.1, 0.15) is 5.82 Å². The summed E-state index contributed by atoms with van der Waals surface area (Å²) in [5.74, 6) is 2.15. The highest BCUT2D eigenvalue weighted by molar-refractivity contribution is 7.99. The van der Waals surface area contributed by atoms with Crippen molar-refractivity contribution in [1.29, 1.82) is 0 Å². The van der Waals surface area contributed by atoms with E-state index in [1.165, 1.54) is 0 Å². The van der Waals surface area contributed by atoms with E-state index in [4.69, 9.17) is 0 Å². The fourth-order valence-corrected chi connectivity index (χ4v) is 2.91. The average Bonchev–Trinajstić information content (AvgIpc) is 2.37. The van der Waals surface area contributed by atoms with Crippen LogP contribution in [0, 0.1) is 5.82 Å². The van der Waals surface area contributed by atoms with Gasteiger partial charge in [-0.3, -0.25) is 0 Å². The summed E-state index contributed by atoms with van der Waals surface area (Å²) in [4.78, 5) is 2.27. The minimum absolute atomic E-state index is 0.131. The molecule has 1 aliphatic heterocycles. The van der Waals surface area contributed by atoms with Gasteiger partial charge in [-0.25, -0.2) is 4.39 Å². The topological polar surface area (TPSA) is 15.3 Å². The first-order chi connectivity index (χ1) is 8.29. The molecule has 94 valence electrons. The lowest BCUT2D eigenvalue weighted by Crippen LogP contribution is -2.32. The zero-order chi connectivity index (χ0) is 12.1. The van der Waals surface area contributed by atoms with Crippen LogP contribution in [0.25, 0.3) is 0 Å². The molecule has 17 heavy (non-hydrogen) atoms. The van der Waals surface area contributed by atoms with Crippen LogP contribution in [0.4, 0.5) is 10.1 Å². The van der Waals surface area contributed by atoms with Crippen molar-refractivity contribution in [2.75, 3.05) is 36.0 Å². The molecule has 1 aromatic rings. The Hall–Kier alpha value is -0.740. The van der Waals surface area contributed by atoms with E-state index in [-0.39, 0.29) is 5.82 Å². The Morgan fingerprint density at radius 1 is 1.29 bits per heavy atom. The Balaban J connectivity index is 2.12. The summed E-state index contributed by atoms with van der Waals surface area (Å²) in [5, 5.41) is 3.23. The summed E-state index contributed by atoms with van der Waals surface area (Å²) in [6.45, 7) is 5.75. The van der Waals surface area contributed by atoms with E-state index in [0.717, 1.165) is 48.9 Å². The van der Waals surface area contributed by atoms with E-state index in [9.17, 15) is 4.39 Å². The monoisotopic (exact) mass is 254 g/mol. The second kappa shape index (κ2) is 6.26. The third-order valence-corrected chi connectivity index (χ3v) is 3.84. The first kappa shape index (κ1) is 12.7. The van der Waals surface area contributed by atoms with E-state index >= 15 is 0 Å². The summed E-state index contributed by atoms with van der Waals surface area (Å²) >= 11 is 1.97. The Kier molecular flexibility index (Phi) is 4.68. The molecule has 1 aliphatic rings. The zero-order valence-electron chi connectivity index (χ0n) is 10.2. The van der Waals surface area contributed by atoms with Gasteiger partial charge in [0.05, 0.1) is 0 Å². The van der Waals surface area contributed by atoms with Crippen molar-refractivity contribution in [3.63, 3.8) is 0 Å². The van der Waals surface area contributed by atoms with Gasteiger partial charge < -0.3 is 10.2 Å². The summed E-state index contributed by atoms with van der Waals surface area (Å²) in [6.07, 6.45) is 0. The minimum atomic E-state index is -0.131. The van der Waals surface area contributed by atoms with E-state index in [0.29, 0.717) is 0 Å². The van der Waals surface area contributed by atoms with E-state index < -0.39 is 0 Å². The van der Waals surface area contributed by atoms with Crippen molar-refractivity contribution in [3.8, 4) is 0 Å². The highest BCUT2D eigenvalue weighted by Crippen LogP contribution is 2.22. The number of benzene rings is 1. The standard InChI is InChI=1S/C13H19FN2S/c1-2-15-10-11-7-12(14)9-13(8-11)16-3-5-17-6-4-16/h7-9,15H,2-6,10H2,1H3. The first-order valence-corrected chi connectivity index (χ1v) is 7.28. The van der Waals surface area contributed by atoms with E-state index in [2.05, 4.69) is 23.2 Å². The van der Waals surface area contributed by atoms with Gasteiger partial charge in [-0.1, -0.05) is 6.92 Å². The van der Waals surface area contributed by atoms with Crippen LogP contribution in [-0.4, -0.2) is 31.1 Å². The number of nitrogens with one attached hydrogen (secondary N) is 1. The number of anilines is 1. The van der Waals surface area contributed by atoms with Gasteiger partial charge in [-0.05, 0) is 30.3 Å². The number of nitrogens with zero attached hydrogens (tertiary/aromatic N) is 1. The molecule has 0 unspecified atom stereocenters. The van der Waals surface area contributed by atoms with Gasteiger partial charge in [0.2, 0.25) is 0 Å². The maximum atomic E-state index is 13.6. The van der Waals surface area contributed by atoms with Crippen molar-refractivity contribution in [2.24, 2.45) is 0 Å². The Morgan fingerprint density at radius 2 is 2.06 bits per heavy atom. The van der Waals surface area contributed by atoms with Crippen molar-refractivity contribution in [2.45, 2.75) is 13.5 Å². The second-order valence-electron chi connectivity index (χ2n) is 4.20. The molecule has 1 fully saturated rings. The SMILES string of the molecule is CCNCc1cc(F)cc(N2CCSCC2)c1. The zero-order valence-corrected chi connectivity index (χ0v) is 11.0. The van der Waals surface area contributed by atoms with Gasteiger partial charge in [0.25, 0.3) is 0 Å². The normalized spacial score (nSPS) is 16.2. The molecule has 0 saturated carbocycles. The molecule has 1 saturated heterocycles. The molecule has 1 heterocycles. The Morgan fingerprint density at radius 3 is 2.76 bits per heavy atom. The van der Waals surface area contributed by atoms with Crippen molar-refractivity contribution in [1.82, 2.24) is 5.32 Å². The molecule has 4 heteroatoms. The molecule has 2 nitrogen and oxygen atoms in total. The molecule has 0 spiro atoms. The van der Waals surface area contributed by atoms with Gasteiger partial charge in [-0.15, -0.1) is 0 Å². The van der Waals surface area contributed by atoms with Crippen LogP contribution < -0.4 is 10.2 Å². The Labute approximate surface area is 107 Å². The predicted molar refractivity (Wildman–Crippen MR) is 73.3 cm³/mol. The van der Waals surface area contributed by atoms with Crippen molar-refractivity contribution >= 4 is 17.4 Å². The van der Waals surface area contributed by atoms with Gasteiger partial charge >= 0.3 is 0 Å². The molecule has 0 amide bonds. The van der Waals surface area contributed by atoms with E-state index in [1.807, 2.05) is 11.8 Å². The third kappa shape index (κ3) is 3.61. The molecule has 1 N–H and O–H groups in total. The van der Waals surface area contributed by atoms with Crippen LogP contribution in [-0.2, 0) is 6.54 Å². The average molecular weight is 254 g/mol. The molecule has 0 atom stereocenters. The van der Waals surface area contributed by atoms with Crippen LogP contribution in [0.5, 0.6) is 0 Å². The lowest BCUT2D eigenvalue weighted by Gasteiger charge is -2.29. The number of rotatable bonds is 4. The smallest absolute Gasteiger partial charge is 0.125 e. The molecule has 2 rings (SSSR count). The molecule has 1 aromatic carbocycles. The fourth-order valence-electron chi connectivity index (χ4n) is 2.01. The Bertz CT molecular complexity index is 364. The number of thioether (sulfide) groups is 1. The van der Waals surface area contributed by atoms with Gasteiger partial charge in [0, 0.05) is 36.8 Å². The molecular weight excluding hydrogens is 235 g/mol. The van der Waals surface area contributed by atoms with Crippen LogP contribution in [0.15, 0.2) is 18.2 Å². The number of halogens is 1. The van der Waals surface area contributed by atoms with Crippen LogP contribution in [0.2, 0.25) is 0 Å². The first-order valence-electron chi connectivity index (χ1n) is 6.12. The molecular formula is C13H19FN2S.